The van der Waals surface area contributed by atoms with Crippen LogP contribution in [0.5, 0.6) is 0 Å². The lowest BCUT2D eigenvalue weighted by molar-refractivity contribution is 0.488. The summed E-state index contributed by atoms with van der Waals surface area (Å²) in [5.41, 5.74) is 3.22. The van der Waals surface area contributed by atoms with Gasteiger partial charge in [-0.2, -0.15) is 4.68 Å². The van der Waals surface area contributed by atoms with Crippen molar-refractivity contribution in [3.8, 4) is 5.69 Å². The van der Waals surface area contributed by atoms with Crippen molar-refractivity contribution in [2.75, 3.05) is 18.0 Å². The van der Waals surface area contributed by atoms with Gasteiger partial charge in [-0.15, -0.1) is 0 Å². The van der Waals surface area contributed by atoms with Crippen molar-refractivity contribution in [1.29, 1.82) is 0 Å². The number of halogens is 1. The van der Waals surface area contributed by atoms with Gasteiger partial charge in [0, 0.05) is 29.7 Å². The molecule has 0 aliphatic carbocycles. The lowest BCUT2D eigenvalue weighted by atomic mass is 9.93. The van der Waals surface area contributed by atoms with E-state index >= 15 is 0 Å². The quantitative estimate of drug-likeness (QED) is 0.791. The Kier molecular flexibility index (Phi) is 3.93. The third-order valence-electron chi connectivity index (χ3n) is 4.56. The van der Waals surface area contributed by atoms with E-state index in [1.807, 2.05) is 24.3 Å². The van der Waals surface area contributed by atoms with E-state index in [4.69, 9.17) is 11.6 Å². The van der Waals surface area contributed by atoms with Crippen molar-refractivity contribution in [3.05, 3.63) is 47.0 Å². The summed E-state index contributed by atoms with van der Waals surface area (Å²) in [4.78, 5) is 9.81. The monoisotopic (exact) mass is 343 g/mol. The van der Waals surface area contributed by atoms with Gasteiger partial charge in [-0.3, -0.25) is 0 Å². The first-order valence-electron chi connectivity index (χ1n) is 8.01. The van der Waals surface area contributed by atoms with Crippen LogP contribution in [0.15, 0.2) is 30.6 Å². The summed E-state index contributed by atoms with van der Waals surface area (Å²) in [5.74, 6) is 1.27. The summed E-state index contributed by atoms with van der Waals surface area (Å²) in [6, 6.07) is 7.55. The summed E-state index contributed by atoms with van der Waals surface area (Å²) < 4.78 is 1.74. The molecule has 4 rings (SSSR count). The zero-order valence-corrected chi connectivity index (χ0v) is 14.1. The summed E-state index contributed by atoms with van der Waals surface area (Å²) in [7, 11) is 0. The molecule has 124 valence electrons. The Morgan fingerprint density at radius 2 is 2.08 bits per heavy atom. The first-order valence-corrected chi connectivity index (χ1v) is 8.39. The molecule has 1 aliphatic rings. The molecule has 0 radical (unpaired) electrons. The van der Waals surface area contributed by atoms with E-state index in [0.717, 1.165) is 43.3 Å². The minimum atomic E-state index is 0.513. The molecule has 2 aromatic heterocycles. The molecular formula is C16H18ClN7. The highest BCUT2D eigenvalue weighted by molar-refractivity contribution is 6.30. The van der Waals surface area contributed by atoms with Crippen molar-refractivity contribution in [2.45, 2.75) is 25.7 Å². The average molecular weight is 344 g/mol. The normalized spacial score (nSPS) is 15.8. The number of benzene rings is 1. The highest BCUT2D eigenvalue weighted by Crippen LogP contribution is 2.30. The largest absolute Gasteiger partial charge is 0.348 e. The molecule has 1 N–H and O–H groups in total. The lowest BCUT2D eigenvalue weighted by Crippen LogP contribution is -2.35. The minimum absolute atomic E-state index is 0.513. The number of H-pyrrole nitrogens is 1. The van der Waals surface area contributed by atoms with Gasteiger partial charge in [0.2, 0.25) is 5.95 Å². The SMILES string of the molecule is Cc1nc[nH]c1C1CCN(c2nnnn2-c2cccc(Cl)c2)CC1. The molecule has 24 heavy (non-hydrogen) atoms. The van der Waals surface area contributed by atoms with Crippen LogP contribution >= 0.6 is 11.6 Å². The van der Waals surface area contributed by atoms with Crippen molar-refractivity contribution in [3.63, 3.8) is 0 Å². The van der Waals surface area contributed by atoms with Gasteiger partial charge in [0.15, 0.2) is 0 Å². The zero-order valence-electron chi connectivity index (χ0n) is 13.4. The van der Waals surface area contributed by atoms with Crippen molar-refractivity contribution in [1.82, 2.24) is 30.2 Å². The lowest BCUT2D eigenvalue weighted by Gasteiger charge is -2.31. The van der Waals surface area contributed by atoms with Crippen LogP contribution in [-0.4, -0.2) is 43.3 Å². The summed E-state index contributed by atoms with van der Waals surface area (Å²) in [6.45, 7) is 3.87. The van der Waals surface area contributed by atoms with Gasteiger partial charge in [-0.25, -0.2) is 4.98 Å². The van der Waals surface area contributed by atoms with Crippen molar-refractivity contribution < 1.29 is 0 Å². The number of anilines is 1. The van der Waals surface area contributed by atoms with Crippen LogP contribution in [0.1, 0.15) is 30.1 Å². The highest BCUT2D eigenvalue weighted by Gasteiger charge is 2.26. The number of rotatable bonds is 3. The first-order chi connectivity index (χ1) is 11.7. The van der Waals surface area contributed by atoms with Gasteiger partial charge < -0.3 is 9.88 Å². The fourth-order valence-electron chi connectivity index (χ4n) is 3.31. The number of aromatic nitrogens is 6. The van der Waals surface area contributed by atoms with E-state index < -0.39 is 0 Å². The molecule has 8 heteroatoms. The maximum Gasteiger partial charge on any atom is 0.250 e. The Balaban J connectivity index is 1.53. The second kappa shape index (κ2) is 6.24. The number of aryl methyl sites for hydroxylation is 1. The van der Waals surface area contributed by atoms with Gasteiger partial charge >= 0.3 is 0 Å². The van der Waals surface area contributed by atoms with Crippen LogP contribution in [0.25, 0.3) is 5.69 Å². The third kappa shape index (κ3) is 2.75. The summed E-state index contributed by atoms with van der Waals surface area (Å²) in [6.07, 6.45) is 3.87. The Labute approximate surface area is 144 Å². The fraction of sp³-hybridized carbons (Fsp3) is 0.375. The van der Waals surface area contributed by atoms with Crippen molar-refractivity contribution in [2.24, 2.45) is 0 Å². The number of nitrogens with zero attached hydrogens (tertiary/aromatic N) is 6. The van der Waals surface area contributed by atoms with E-state index in [9.17, 15) is 0 Å². The van der Waals surface area contributed by atoms with E-state index in [2.05, 4.69) is 37.3 Å². The predicted molar refractivity (Wildman–Crippen MR) is 91.7 cm³/mol. The number of hydrogen-bond acceptors (Lipinski definition) is 5. The average Bonchev–Trinajstić information content (AvgIpc) is 3.24. The molecule has 1 saturated heterocycles. The smallest absolute Gasteiger partial charge is 0.250 e. The molecule has 0 unspecified atom stereocenters. The number of aromatic amines is 1. The molecule has 1 aliphatic heterocycles. The molecule has 1 aromatic carbocycles. The molecule has 0 spiro atoms. The number of imidazole rings is 1. The van der Waals surface area contributed by atoms with E-state index in [0.29, 0.717) is 10.9 Å². The topological polar surface area (TPSA) is 75.5 Å². The second-order valence-corrected chi connectivity index (χ2v) is 6.47. The minimum Gasteiger partial charge on any atom is -0.348 e. The first kappa shape index (κ1) is 15.1. The van der Waals surface area contributed by atoms with Crippen LogP contribution in [0, 0.1) is 6.92 Å². The molecule has 7 nitrogen and oxygen atoms in total. The Morgan fingerprint density at radius 1 is 1.25 bits per heavy atom. The van der Waals surface area contributed by atoms with Crippen LogP contribution in [0.4, 0.5) is 5.95 Å². The van der Waals surface area contributed by atoms with Crippen LogP contribution in [0.2, 0.25) is 5.02 Å². The molecule has 1 fully saturated rings. The Hall–Kier alpha value is -2.41. The van der Waals surface area contributed by atoms with Crippen LogP contribution < -0.4 is 4.90 Å². The van der Waals surface area contributed by atoms with Crippen LogP contribution in [-0.2, 0) is 0 Å². The molecule has 3 heterocycles. The van der Waals surface area contributed by atoms with Gasteiger partial charge in [0.1, 0.15) is 0 Å². The van der Waals surface area contributed by atoms with Crippen LogP contribution in [0.3, 0.4) is 0 Å². The predicted octanol–water partition coefficient (Wildman–Crippen LogP) is 2.73. The third-order valence-corrected chi connectivity index (χ3v) is 4.80. The van der Waals surface area contributed by atoms with Crippen molar-refractivity contribution >= 4 is 17.5 Å². The molecule has 0 atom stereocenters. The highest BCUT2D eigenvalue weighted by atomic mass is 35.5. The second-order valence-electron chi connectivity index (χ2n) is 6.03. The number of tetrazole rings is 1. The van der Waals surface area contributed by atoms with Gasteiger partial charge in [0.25, 0.3) is 0 Å². The Morgan fingerprint density at radius 3 is 2.79 bits per heavy atom. The van der Waals surface area contributed by atoms with E-state index in [1.165, 1.54) is 5.69 Å². The van der Waals surface area contributed by atoms with E-state index in [1.54, 1.807) is 11.0 Å². The summed E-state index contributed by atoms with van der Waals surface area (Å²) >= 11 is 6.09. The maximum atomic E-state index is 6.09. The molecule has 0 bridgehead atoms. The Bertz CT molecular complexity index is 832. The number of piperidine rings is 1. The fourth-order valence-corrected chi connectivity index (χ4v) is 3.49. The number of nitrogens with one attached hydrogen (secondary N) is 1. The van der Waals surface area contributed by atoms with Gasteiger partial charge in [-0.05, 0) is 48.4 Å². The van der Waals surface area contributed by atoms with E-state index in [-0.39, 0.29) is 0 Å². The molecule has 0 amide bonds. The molecule has 3 aromatic rings. The zero-order chi connectivity index (χ0) is 16.5. The standard InChI is InChI=1S/C16H18ClN7/c1-11-15(19-10-18-11)12-5-7-23(8-6-12)16-20-21-22-24(16)14-4-2-3-13(17)9-14/h2-4,9-10,12H,5-8H2,1H3,(H,18,19). The van der Waals surface area contributed by atoms with Gasteiger partial charge in [-0.1, -0.05) is 22.8 Å². The molecule has 0 saturated carbocycles. The molecular weight excluding hydrogens is 326 g/mol. The summed E-state index contributed by atoms with van der Waals surface area (Å²) in [5, 5.41) is 12.9. The maximum absolute atomic E-state index is 6.09. The number of hydrogen-bond donors (Lipinski definition) is 1. The van der Waals surface area contributed by atoms with Gasteiger partial charge in [0.05, 0.1) is 17.7 Å².